The predicted molar refractivity (Wildman–Crippen MR) is 112 cm³/mol. The third-order valence-corrected chi connectivity index (χ3v) is 6.83. The van der Waals surface area contributed by atoms with Gasteiger partial charge in [0.1, 0.15) is 0 Å². The predicted octanol–water partition coefficient (Wildman–Crippen LogP) is 5.74. The Morgan fingerprint density at radius 2 is 1.81 bits per heavy atom. The Morgan fingerprint density at radius 1 is 1.12 bits per heavy atom. The number of rotatable bonds is 2. The van der Waals surface area contributed by atoms with Crippen LogP contribution >= 0.6 is 11.3 Å². The van der Waals surface area contributed by atoms with Crippen LogP contribution in [0.25, 0.3) is 6.08 Å². The number of fused-ring (bicyclic) bond motifs is 1. The van der Waals surface area contributed by atoms with Gasteiger partial charge in [-0.3, -0.25) is 0 Å². The minimum atomic E-state index is 0.00559. The molecule has 2 aliphatic heterocycles. The van der Waals surface area contributed by atoms with E-state index in [0.717, 1.165) is 23.8 Å². The van der Waals surface area contributed by atoms with E-state index in [1.165, 1.54) is 64.2 Å². The van der Waals surface area contributed by atoms with Crippen LogP contribution in [0.2, 0.25) is 0 Å². The summed E-state index contributed by atoms with van der Waals surface area (Å²) in [6.45, 7) is 6.51. The quantitative estimate of drug-likeness (QED) is 0.669. The Hall–Kier alpha value is -0.710. The van der Waals surface area contributed by atoms with E-state index in [4.69, 9.17) is 4.74 Å². The molecule has 1 aromatic rings. The first kappa shape index (κ1) is 20.0. The largest absolute Gasteiger partial charge is 0.366 e. The van der Waals surface area contributed by atoms with E-state index in [1.807, 2.05) is 0 Å². The normalized spacial score (nSPS) is 32.4. The van der Waals surface area contributed by atoms with Crippen LogP contribution in [0, 0.1) is 12.8 Å². The van der Waals surface area contributed by atoms with Crippen molar-refractivity contribution >= 4 is 17.4 Å². The maximum Gasteiger partial charge on any atom is 0.0994 e. The second kappa shape index (κ2) is 10.0. The number of hydrogen-bond donors (Lipinski definition) is 1. The van der Waals surface area contributed by atoms with E-state index >= 15 is 0 Å². The van der Waals surface area contributed by atoms with E-state index in [1.54, 1.807) is 11.3 Å². The third-order valence-electron chi connectivity index (χ3n) is 6.03. The van der Waals surface area contributed by atoms with Gasteiger partial charge in [0.2, 0.25) is 0 Å². The van der Waals surface area contributed by atoms with E-state index in [9.17, 15) is 0 Å². The smallest absolute Gasteiger partial charge is 0.0994 e. The van der Waals surface area contributed by atoms with Crippen molar-refractivity contribution in [3.05, 3.63) is 22.2 Å². The number of hydrogen-bond acceptors (Lipinski definition) is 4. The Balaban J connectivity index is 1.59. The van der Waals surface area contributed by atoms with Crippen molar-refractivity contribution in [3.63, 3.8) is 0 Å². The Kier molecular flexibility index (Phi) is 7.71. The molecule has 2 aliphatic rings. The zero-order chi connectivity index (χ0) is 18.2. The van der Waals surface area contributed by atoms with Gasteiger partial charge >= 0.3 is 0 Å². The molecule has 0 bridgehead atoms. The fourth-order valence-electron chi connectivity index (χ4n) is 4.15. The molecular weight excluding hydrogens is 340 g/mol. The van der Waals surface area contributed by atoms with Gasteiger partial charge in [-0.25, -0.2) is 4.98 Å². The molecule has 4 heteroatoms. The number of ether oxygens (including phenoxy) is 1. The van der Waals surface area contributed by atoms with Gasteiger partial charge in [-0.1, -0.05) is 57.4 Å². The number of aromatic nitrogens is 1. The first-order valence-corrected chi connectivity index (χ1v) is 11.6. The summed E-state index contributed by atoms with van der Waals surface area (Å²) in [6.07, 6.45) is 18.6. The Morgan fingerprint density at radius 3 is 2.50 bits per heavy atom. The van der Waals surface area contributed by atoms with E-state index in [2.05, 4.69) is 41.7 Å². The van der Waals surface area contributed by atoms with Crippen LogP contribution in [0.15, 0.2) is 11.5 Å². The van der Waals surface area contributed by atoms with Gasteiger partial charge < -0.3 is 10.1 Å². The van der Waals surface area contributed by atoms with Crippen molar-refractivity contribution in [2.75, 3.05) is 13.1 Å². The summed E-state index contributed by atoms with van der Waals surface area (Å²) in [7, 11) is 0. The van der Waals surface area contributed by atoms with Crippen molar-refractivity contribution < 1.29 is 4.74 Å². The average Bonchev–Trinajstić information content (AvgIpc) is 3.09. The van der Waals surface area contributed by atoms with E-state index < -0.39 is 0 Å². The second-order valence-electron chi connectivity index (χ2n) is 8.22. The van der Waals surface area contributed by atoms with Crippen LogP contribution in [-0.4, -0.2) is 29.8 Å². The minimum absolute atomic E-state index is 0.00559. The van der Waals surface area contributed by atoms with Crippen LogP contribution in [0.3, 0.4) is 0 Å². The highest BCUT2D eigenvalue weighted by Gasteiger charge is 2.55. The lowest BCUT2D eigenvalue weighted by atomic mass is 9.87. The molecule has 0 amide bonds. The van der Waals surface area contributed by atoms with Crippen LogP contribution in [-0.2, 0) is 4.74 Å². The monoisotopic (exact) mass is 376 g/mol. The fourth-order valence-corrected chi connectivity index (χ4v) is 4.73. The molecule has 1 N–H and O–H groups in total. The molecule has 0 aromatic carbocycles. The van der Waals surface area contributed by atoms with Crippen molar-refractivity contribution in [1.29, 1.82) is 0 Å². The van der Waals surface area contributed by atoms with Crippen molar-refractivity contribution in [2.24, 2.45) is 5.92 Å². The van der Waals surface area contributed by atoms with Gasteiger partial charge in [-0.05, 0) is 39.3 Å². The number of epoxide rings is 1. The second-order valence-corrected chi connectivity index (χ2v) is 9.28. The standard InChI is InChI=1S/C22H36N2OS/c1-18-24-20(17-26-18)14-13-19-16-23-15-11-9-7-5-3-4-6-8-10-12-21-22(19,2)25-21/h13-14,17,19,21,23H,3-12,15-16H2,1-2H3. The number of thiazole rings is 1. The van der Waals surface area contributed by atoms with Crippen molar-refractivity contribution in [2.45, 2.75) is 89.8 Å². The lowest BCUT2D eigenvalue weighted by molar-refractivity contribution is 0.254. The highest BCUT2D eigenvalue weighted by atomic mass is 32.1. The first-order valence-electron chi connectivity index (χ1n) is 10.7. The lowest BCUT2D eigenvalue weighted by Crippen LogP contribution is -2.33. The topological polar surface area (TPSA) is 37.5 Å². The molecule has 1 aromatic heterocycles. The molecule has 3 atom stereocenters. The zero-order valence-electron chi connectivity index (χ0n) is 16.6. The summed E-state index contributed by atoms with van der Waals surface area (Å²) in [4.78, 5) is 4.57. The highest BCUT2D eigenvalue weighted by Crippen LogP contribution is 2.46. The maximum atomic E-state index is 6.23. The summed E-state index contributed by atoms with van der Waals surface area (Å²) in [5.74, 6) is 0.419. The van der Waals surface area contributed by atoms with E-state index in [0.29, 0.717) is 12.0 Å². The molecule has 146 valence electrons. The molecule has 3 heterocycles. The van der Waals surface area contributed by atoms with E-state index in [-0.39, 0.29) is 5.60 Å². The van der Waals surface area contributed by atoms with Crippen LogP contribution < -0.4 is 5.32 Å². The van der Waals surface area contributed by atoms with Gasteiger partial charge in [0, 0.05) is 17.8 Å². The van der Waals surface area contributed by atoms with Gasteiger partial charge in [-0.2, -0.15) is 0 Å². The Bertz CT molecular complexity index is 570. The molecule has 0 aliphatic carbocycles. The number of nitrogens with zero attached hydrogens (tertiary/aromatic N) is 1. The summed E-state index contributed by atoms with van der Waals surface area (Å²) < 4.78 is 6.23. The van der Waals surface area contributed by atoms with Crippen molar-refractivity contribution in [3.8, 4) is 0 Å². The molecule has 0 saturated carbocycles. The molecule has 26 heavy (non-hydrogen) atoms. The van der Waals surface area contributed by atoms with Crippen LogP contribution in [0.1, 0.15) is 81.8 Å². The van der Waals surface area contributed by atoms with Gasteiger partial charge in [0.15, 0.2) is 0 Å². The molecule has 3 unspecified atom stereocenters. The van der Waals surface area contributed by atoms with Crippen LogP contribution in [0.4, 0.5) is 0 Å². The summed E-state index contributed by atoms with van der Waals surface area (Å²) in [6, 6.07) is 0. The third kappa shape index (κ3) is 5.90. The molecule has 3 nitrogen and oxygen atoms in total. The maximum absolute atomic E-state index is 6.23. The average molecular weight is 377 g/mol. The van der Waals surface area contributed by atoms with Gasteiger partial charge in [-0.15, -0.1) is 11.3 Å². The SMILES string of the molecule is Cc1nc(C=CC2CNCCCCCCCCCCCC3OC23C)cs1. The molecule has 0 radical (unpaired) electrons. The Labute approximate surface area is 163 Å². The lowest BCUT2D eigenvalue weighted by Gasteiger charge is -2.19. The molecule has 2 saturated heterocycles. The molecule has 2 fully saturated rings. The minimum Gasteiger partial charge on any atom is -0.366 e. The molecule has 0 spiro atoms. The van der Waals surface area contributed by atoms with Gasteiger partial charge in [0.05, 0.1) is 22.4 Å². The highest BCUT2D eigenvalue weighted by molar-refractivity contribution is 7.09. The summed E-state index contributed by atoms with van der Waals surface area (Å²) in [5.41, 5.74) is 1.09. The number of nitrogens with one attached hydrogen (secondary N) is 1. The van der Waals surface area contributed by atoms with Crippen molar-refractivity contribution in [1.82, 2.24) is 10.3 Å². The number of aryl methyl sites for hydroxylation is 1. The summed E-state index contributed by atoms with van der Waals surface area (Å²) >= 11 is 1.72. The first-order chi connectivity index (χ1) is 12.7. The zero-order valence-corrected chi connectivity index (χ0v) is 17.5. The summed E-state index contributed by atoms with van der Waals surface area (Å²) in [5, 5.41) is 6.97. The molecule has 3 rings (SSSR count). The molecular formula is C22H36N2OS. The van der Waals surface area contributed by atoms with Crippen LogP contribution in [0.5, 0.6) is 0 Å². The van der Waals surface area contributed by atoms with Gasteiger partial charge in [0.25, 0.3) is 0 Å². The fraction of sp³-hybridized carbons (Fsp3) is 0.773.